The van der Waals surface area contributed by atoms with Crippen molar-refractivity contribution in [2.24, 2.45) is 0 Å². The molecule has 1 heterocycles. The first-order valence-electron chi connectivity index (χ1n) is 7.92. The maximum absolute atomic E-state index is 5.70. The van der Waals surface area contributed by atoms with Crippen molar-refractivity contribution in [3.8, 4) is 23.0 Å². The lowest BCUT2D eigenvalue weighted by atomic mass is 10.2. The van der Waals surface area contributed by atoms with Crippen LogP contribution in [0.1, 0.15) is 19.4 Å². The van der Waals surface area contributed by atoms with Gasteiger partial charge in [0.15, 0.2) is 23.0 Å². The van der Waals surface area contributed by atoms with Crippen molar-refractivity contribution in [3.05, 3.63) is 40.4 Å². The van der Waals surface area contributed by atoms with Crippen LogP contribution < -0.4 is 24.3 Å². The molecule has 0 bridgehead atoms. The highest BCUT2D eigenvalue weighted by Crippen LogP contribution is 2.38. The molecule has 6 heteroatoms. The van der Waals surface area contributed by atoms with Gasteiger partial charge in [0.05, 0.1) is 17.7 Å². The van der Waals surface area contributed by atoms with Crippen molar-refractivity contribution >= 4 is 21.6 Å². The van der Waals surface area contributed by atoms with Crippen LogP contribution in [-0.2, 0) is 6.54 Å². The third-order valence-electron chi connectivity index (χ3n) is 3.53. The molecule has 0 aliphatic carbocycles. The van der Waals surface area contributed by atoms with E-state index in [2.05, 4.69) is 21.2 Å². The van der Waals surface area contributed by atoms with Crippen LogP contribution in [0.4, 0.5) is 5.69 Å². The molecule has 5 nitrogen and oxygen atoms in total. The van der Waals surface area contributed by atoms with Gasteiger partial charge in [-0.3, -0.25) is 0 Å². The van der Waals surface area contributed by atoms with Crippen LogP contribution in [0, 0.1) is 0 Å². The summed E-state index contributed by atoms with van der Waals surface area (Å²) in [5.41, 5.74) is 2.06. The Bertz CT molecular complexity index is 720. The van der Waals surface area contributed by atoms with Crippen LogP contribution in [0.3, 0.4) is 0 Å². The molecule has 0 saturated heterocycles. The van der Waals surface area contributed by atoms with Gasteiger partial charge in [0.2, 0.25) is 6.79 Å². The monoisotopic (exact) mass is 393 g/mol. The minimum atomic E-state index is 0.280. The molecule has 0 aromatic heterocycles. The van der Waals surface area contributed by atoms with Crippen LogP contribution >= 0.6 is 15.9 Å². The van der Waals surface area contributed by atoms with Gasteiger partial charge in [-0.25, -0.2) is 0 Å². The van der Waals surface area contributed by atoms with E-state index in [0.717, 1.165) is 38.7 Å². The second-order valence-corrected chi connectivity index (χ2v) is 6.05. The van der Waals surface area contributed by atoms with Crippen molar-refractivity contribution in [2.75, 3.05) is 25.3 Å². The van der Waals surface area contributed by atoms with Gasteiger partial charge in [-0.15, -0.1) is 0 Å². The molecule has 24 heavy (non-hydrogen) atoms. The van der Waals surface area contributed by atoms with Gasteiger partial charge in [0, 0.05) is 18.3 Å². The van der Waals surface area contributed by atoms with Crippen molar-refractivity contribution in [1.82, 2.24) is 0 Å². The third kappa shape index (κ3) is 3.70. The first-order chi connectivity index (χ1) is 11.7. The Kier molecular flexibility index (Phi) is 5.35. The lowest BCUT2D eigenvalue weighted by Crippen LogP contribution is -2.03. The SMILES string of the molecule is CCOc1cc(CNc2ccc3c(c2)OCO3)cc(Br)c1OCC. The lowest BCUT2D eigenvalue weighted by Gasteiger charge is -2.15. The van der Waals surface area contributed by atoms with E-state index in [1.54, 1.807) is 0 Å². The van der Waals surface area contributed by atoms with E-state index in [9.17, 15) is 0 Å². The highest BCUT2D eigenvalue weighted by Gasteiger charge is 2.14. The molecule has 0 amide bonds. The van der Waals surface area contributed by atoms with Crippen LogP contribution in [0.15, 0.2) is 34.8 Å². The number of nitrogens with one attached hydrogen (secondary N) is 1. The molecule has 2 aromatic rings. The minimum Gasteiger partial charge on any atom is -0.490 e. The Hall–Kier alpha value is -2.08. The minimum absolute atomic E-state index is 0.280. The Balaban J connectivity index is 1.75. The average molecular weight is 394 g/mol. The number of rotatable bonds is 7. The number of anilines is 1. The molecule has 3 rings (SSSR count). The molecule has 0 spiro atoms. The predicted octanol–water partition coefficient (Wildman–Crippen LogP) is 4.59. The maximum atomic E-state index is 5.70. The van der Waals surface area contributed by atoms with Crippen molar-refractivity contribution < 1.29 is 18.9 Å². The summed E-state index contributed by atoms with van der Waals surface area (Å²) in [6.07, 6.45) is 0. The number of hydrogen-bond donors (Lipinski definition) is 1. The van der Waals surface area contributed by atoms with Gasteiger partial charge in [-0.05, 0) is 59.6 Å². The summed E-state index contributed by atoms with van der Waals surface area (Å²) in [4.78, 5) is 0. The Labute approximate surface area is 150 Å². The van der Waals surface area contributed by atoms with E-state index >= 15 is 0 Å². The van der Waals surface area contributed by atoms with E-state index in [1.807, 2.05) is 44.2 Å². The van der Waals surface area contributed by atoms with Crippen LogP contribution in [0.25, 0.3) is 0 Å². The van der Waals surface area contributed by atoms with E-state index in [-0.39, 0.29) is 6.79 Å². The zero-order valence-corrected chi connectivity index (χ0v) is 15.3. The molecule has 0 unspecified atom stereocenters. The molecule has 1 aliphatic heterocycles. The highest BCUT2D eigenvalue weighted by molar-refractivity contribution is 9.10. The fraction of sp³-hybridized carbons (Fsp3) is 0.333. The summed E-state index contributed by atoms with van der Waals surface area (Å²) >= 11 is 3.57. The van der Waals surface area contributed by atoms with E-state index in [0.29, 0.717) is 19.8 Å². The second kappa shape index (κ2) is 7.66. The van der Waals surface area contributed by atoms with Crippen LogP contribution in [0.5, 0.6) is 23.0 Å². The number of benzene rings is 2. The normalized spacial score (nSPS) is 12.1. The fourth-order valence-electron chi connectivity index (χ4n) is 2.48. The molecule has 0 atom stereocenters. The topological polar surface area (TPSA) is 49.0 Å². The standard InChI is InChI=1S/C18H20BrNO4/c1-3-21-17-8-12(7-14(19)18(17)22-4-2)10-20-13-5-6-15-16(9-13)24-11-23-15/h5-9,20H,3-4,10-11H2,1-2H3. The molecule has 1 aliphatic rings. The summed E-state index contributed by atoms with van der Waals surface area (Å²) in [6.45, 7) is 6.03. The maximum Gasteiger partial charge on any atom is 0.231 e. The van der Waals surface area contributed by atoms with Gasteiger partial charge in [-0.1, -0.05) is 0 Å². The number of hydrogen-bond acceptors (Lipinski definition) is 5. The van der Waals surface area contributed by atoms with Crippen molar-refractivity contribution in [2.45, 2.75) is 20.4 Å². The van der Waals surface area contributed by atoms with Crippen molar-refractivity contribution in [1.29, 1.82) is 0 Å². The average Bonchev–Trinajstić information content (AvgIpc) is 3.04. The first-order valence-corrected chi connectivity index (χ1v) is 8.72. The van der Waals surface area contributed by atoms with E-state index in [4.69, 9.17) is 18.9 Å². The summed E-state index contributed by atoms with van der Waals surface area (Å²) in [6, 6.07) is 9.85. The summed E-state index contributed by atoms with van der Waals surface area (Å²) in [7, 11) is 0. The smallest absolute Gasteiger partial charge is 0.231 e. The lowest BCUT2D eigenvalue weighted by molar-refractivity contribution is 0.174. The van der Waals surface area contributed by atoms with Gasteiger partial charge in [0.1, 0.15) is 0 Å². The van der Waals surface area contributed by atoms with E-state index < -0.39 is 0 Å². The summed E-state index contributed by atoms with van der Waals surface area (Å²) in [5, 5.41) is 3.39. The van der Waals surface area contributed by atoms with Crippen LogP contribution in [-0.4, -0.2) is 20.0 Å². The fourth-order valence-corrected chi connectivity index (χ4v) is 3.09. The predicted molar refractivity (Wildman–Crippen MR) is 96.4 cm³/mol. The third-order valence-corrected chi connectivity index (χ3v) is 4.12. The molecular formula is C18H20BrNO4. The van der Waals surface area contributed by atoms with Gasteiger partial charge >= 0.3 is 0 Å². The Morgan fingerprint density at radius 2 is 1.83 bits per heavy atom. The van der Waals surface area contributed by atoms with Gasteiger partial charge < -0.3 is 24.3 Å². The second-order valence-electron chi connectivity index (χ2n) is 5.19. The molecule has 0 radical (unpaired) electrons. The molecule has 0 saturated carbocycles. The van der Waals surface area contributed by atoms with E-state index in [1.165, 1.54) is 0 Å². The first kappa shape index (κ1) is 16.8. The summed E-state index contributed by atoms with van der Waals surface area (Å²) in [5.74, 6) is 3.04. The van der Waals surface area contributed by atoms with Crippen molar-refractivity contribution in [3.63, 3.8) is 0 Å². The largest absolute Gasteiger partial charge is 0.490 e. The number of halogens is 1. The molecular weight excluding hydrogens is 374 g/mol. The van der Waals surface area contributed by atoms with Crippen LogP contribution in [0.2, 0.25) is 0 Å². The molecule has 128 valence electrons. The highest BCUT2D eigenvalue weighted by atomic mass is 79.9. The Morgan fingerprint density at radius 3 is 2.62 bits per heavy atom. The number of ether oxygens (including phenoxy) is 4. The Morgan fingerprint density at radius 1 is 1.04 bits per heavy atom. The zero-order chi connectivity index (χ0) is 16.9. The molecule has 0 fully saturated rings. The van der Waals surface area contributed by atoms with Gasteiger partial charge in [0.25, 0.3) is 0 Å². The zero-order valence-electron chi connectivity index (χ0n) is 13.7. The number of fused-ring (bicyclic) bond motifs is 1. The van der Waals surface area contributed by atoms with Gasteiger partial charge in [-0.2, -0.15) is 0 Å². The quantitative estimate of drug-likeness (QED) is 0.745. The molecule has 1 N–H and O–H groups in total. The molecule has 2 aromatic carbocycles. The summed E-state index contributed by atoms with van der Waals surface area (Å²) < 4.78 is 23.0.